The van der Waals surface area contributed by atoms with E-state index in [2.05, 4.69) is 10.6 Å². The van der Waals surface area contributed by atoms with Crippen LogP contribution >= 0.6 is 12.4 Å². The number of rotatable bonds is 3. The van der Waals surface area contributed by atoms with Crippen LogP contribution in [0.15, 0.2) is 0 Å². The average Bonchev–Trinajstić information content (AvgIpc) is 2.99. The summed E-state index contributed by atoms with van der Waals surface area (Å²) in [5.41, 5.74) is 0. The van der Waals surface area contributed by atoms with Gasteiger partial charge in [0.25, 0.3) is 0 Å². The van der Waals surface area contributed by atoms with E-state index in [0.29, 0.717) is 12.0 Å². The van der Waals surface area contributed by atoms with Crippen LogP contribution in [0.4, 0.5) is 0 Å². The Morgan fingerprint density at radius 2 is 1.75 bits per heavy atom. The molecule has 1 aliphatic carbocycles. The van der Waals surface area contributed by atoms with Crippen molar-refractivity contribution in [2.24, 2.45) is 11.8 Å². The van der Waals surface area contributed by atoms with Crippen LogP contribution in [0.25, 0.3) is 0 Å². The van der Waals surface area contributed by atoms with Gasteiger partial charge in [0.05, 0.1) is 6.04 Å². The Morgan fingerprint density at radius 1 is 1.08 bits per heavy atom. The van der Waals surface area contributed by atoms with Crippen molar-refractivity contribution in [3.05, 3.63) is 0 Å². The monoisotopic (exact) mass is 357 g/mol. The van der Waals surface area contributed by atoms with E-state index in [-0.39, 0.29) is 42.2 Å². The van der Waals surface area contributed by atoms with E-state index in [4.69, 9.17) is 0 Å². The fourth-order valence-electron chi connectivity index (χ4n) is 4.43. The fourth-order valence-corrected chi connectivity index (χ4v) is 4.43. The smallest absolute Gasteiger partial charge is 0.237 e. The van der Waals surface area contributed by atoms with E-state index < -0.39 is 0 Å². The maximum Gasteiger partial charge on any atom is 0.237 e. The van der Waals surface area contributed by atoms with Crippen LogP contribution in [0, 0.1) is 11.8 Å². The first kappa shape index (κ1) is 19.5. The Hall–Kier alpha value is -0.810. The standard InChI is InChI=1S/C18H31N3O2.ClH/c1-12(2)18(23)21-9-7-14(8-10-21)19-17(22)16-11-13-5-3-4-6-15(13)20-16;/h12-16,20H,3-11H2,1-2H3,(H,19,22);1H. The van der Waals surface area contributed by atoms with Crippen molar-refractivity contribution in [1.82, 2.24) is 15.5 Å². The molecule has 0 aromatic carbocycles. The molecule has 0 aromatic heterocycles. The maximum absolute atomic E-state index is 12.5. The molecule has 2 heterocycles. The minimum atomic E-state index is -0.00146. The van der Waals surface area contributed by atoms with Crippen molar-refractivity contribution in [2.75, 3.05) is 13.1 Å². The minimum Gasteiger partial charge on any atom is -0.352 e. The molecule has 3 unspecified atom stereocenters. The number of fused-ring (bicyclic) bond motifs is 1. The summed E-state index contributed by atoms with van der Waals surface area (Å²) in [4.78, 5) is 26.5. The number of halogens is 1. The summed E-state index contributed by atoms with van der Waals surface area (Å²) in [6, 6.07) is 0.784. The first-order valence-corrected chi connectivity index (χ1v) is 9.40. The van der Waals surface area contributed by atoms with Gasteiger partial charge in [-0.25, -0.2) is 0 Å². The van der Waals surface area contributed by atoms with E-state index in [9.17, 15) is 9.59 Å². The van der Waals surface area contributed by atoms with Gasteiger partial charge in [0.15, 0.2) is 0 Å². The Labute approximate surface area is 151 Å². The van der Waals surface area contributed by atoms with Gasteiger partial charge < -0.3 is 15.5 Å². The topological polar surface area (TPSA) is 61.4 Å². The lowest BCUT2D eigenvalue weighted by atomic mass is 9.85. The van der Waals surface area contributed by atoms with Gasteiger partial charge in [-0.05, 0) is 38.0 Å². The molecule has 0 aromatic rings. The summed E-state index contributed by atoms with van der Waals surface area (Å²) in [6.45, 7) is 5.43. The highest BCUT2D eigenvalue weighted by molar-refractivity contribution is 5.85. The molecule has 6 heteroatoms. The van der Waals surface area contributed by atoms with Crippen LogP contribution < -0.4 is 10.6 Å². The zero-order chi connectivity index (χ0) is 16.4. The highest BCUT2D eigenvalue weighted by Gasteiger charge is 2.38. The normalized spacial score (nSPS) is 30.6. The molecule has 5 nitrogen and oxygen atoms in total. The third-order valence-corrected chi connectivity index (χ3v) is 5.83. The number of likely N-dealkylation sites (tertiary alicyclic amines) is 1. The van der Waals surface area contributed by atoms with Crippen LogP contribution in [-0.4, -0.2) is 47.9 Å². The summed E-state index contributed by atoms with van der Waals surface area (Å²) in [5.74, 6) is 1.17. The Morgan fingerprint density at radius 3 is 2.38 bits per heavy atom. The van der Waals surface area contributed by atoms with Gasteiger partial charge in [0, 0.05) is 31.1 Å². The lowest BCUT2D eigenvalue weighted by molar-refractivity contribution is -0.135. The molecule has 2 aliphatic heterocycles. The van der Waals surface area contributed by atoms with Crippen LogP contribution in [0.1, 0.15) is 58.8 Å². The van der Waals surface area contributed by atoms with Gasteiger partial charge in [-0.3, -0.25) is 9.59 Å². The third kappa shape index (κ3) is 4.42. The van der Waals surface area contributed by atoms with E-state index >= 15 is 0 Å². The van der Waals surface area contributed by atoms with E-state index in [1.165, 1.54) is 25.7 Å². The predicted octanol–water partition coefficient (Wildman–Crippen LogP) is 2.09. The molecule has 0 spiro atoms. The summed E-state index contributed by atoms with van der Waals surface area (Å²) < 4.78 is 0. The molecule has 0 bridgehead atoms. The lowest BCUT2D eigenvalue weighted by Crippen LogP contribution is -2.51. The van der Waals surface area contributed by atoms with Gasteiger partial charge in [-0.15, -0.1) is 12.4 Å². The highest BCUT2D eigenvalue weighted by Crippen LogP contribution is 2.33. The van der Waals surface area contributed by atoms with Gasteiger partial charge in [0.2, 0.25) is 11.8 Å². The highest BCUT2D eigenvalue weighted by atomic mass is 35.5. The van der Waals surface area contributed by atoms with Gasteiger partial charge in [-0.2, -0.15) is 0 Å². The third-order valence-electron chi connectivity index (χ3n) is 5.83. The van der Waals surface area contributed by atoms with E-state index in [1.807, 2.05) is 18.7 Å². The fraction of sp³-hybridized carbons (Fsp3) is 0.889. The zero-order valence-corrected chi connectivity index (χ0v) is 15.7. The number of hydrogen-bond donors (Lipinski definition) is 2. The molecule has 1 saturated carbocycles. The van der Waals surface area contributed by atoms with Crippen LogP contribution in [0.2, 0.25) is 0 Å². The predicted molar refractivity (Wildman–Crippen MR) is 97.1 cm³/mol. The van der Waals surface area contributed by atoms with Crippen molar-refractivity contribution >= 4 is 24.2 Å². The Balaban J connectivity index is 0.00000208. The molecular formula is C18H32ClN3O2. The molecule has 3 aliphatic rings. The van der Waals surface area contributed by atoms with Crippen molar-refractivity contribution in [3.63, 3.8) is 0 Å². The minimum absolute atomic E-state index is 0. The van der Waals surface area contributed by atoms with Crippen molar-refractivity contribution in [1.29, 1.82) is 0 Å². The Kier molecular flexibility index (Phi) is 6.93. The summed E-state index contributed by atoms with van der Waals surface area (Å²) in [6.07, 6.45) is 7.88. The van der Waals surface area contributed by atoms with Crippen LogP contribution in [-0.2, 0) is 9.59 Å². The van der Waals surface area contributed by atoms with Crippen molar-refractivity contribution < 1.29 is 9.59 Å². The van der Waals surface area contributed by atoms with Crippen LogP contribution in [0.3, 0.4) is 0 Å². The summed E-state index contributed by atoms with van der Waals surface area (Å²) in [5, 5.41) is 6.77. The van der Waals surface area contributed by atoms with Crippen molar-refractivity contribution in [2.45, 2.75) is 76.9 Å². The summed E-state index contributed by atoms with van der Waals surface area (Å²) >= 11 is 0. The number of nitrogens with one attached hydrogen (secondary N) is 2. The molecule has 2 amide bonds. The number of carbonyl (C=O) groups excluding carboxylic acids is 2. The number of piperidine rings is 1. The number of amides is 2. The van der Waals surface area contributed by atoms with Gasteiger partial charge in [0.1, 0.15) is 0 Å². The molecule has 138 valence electrons. The number of nitrogens with zero attached hydrogens (tertiary/aromatic N) is 1. The van der Waals surface area contributed by atoms with Gasteiger partial charge in [-0.1, -0.05) is 26.7 Å². The maximum atomic E-state index is 12.5. The molecule has 3 rings (SSSR count). The Bertz CT molecular complexity index is 436. The molecule has 2 saturated heterocycles. The van der Waals surface area contributed by atoms with Crippen LogP contribution in [0.5, 0.6) is 0 Å². The molecule has 24 heavy (non-hydrogen) atoms. The van der Waals surface area contributed by atoms with E-state index in [1.54, 1.807) is 0 Å². The second kappa shape index (κ2) is 8.52. The molecular weight excluding hydrogens is 326 g/mol. The zero-order valence-electron chi connectivity index (χ0n) is 14.9. The quantitative estimate of drug-likeness (QED) is 0.813. The number of carbonyl (C=O) groups is 2. The lowest BCUT2D eigenvalue weighted by Gasteiger charge is -2.33. The second-order valence-electron chi connectivity index (χ2n) is 7.87. The molecule has 0 radical (unpaired) electrons. The first-order valence-electron chi connectivity index (χ1n) is 9.40. The molecule has 3 atom stereocenters. The van der Waals surface area contributed by atoms with Crippen molar-refractivity contribution in [3.8, 4) is 0 Å². The SMILES string of the molecule is CC(C)C(=O)N1CCC(NC(=O)C2CC3CCCCC3N2)CC1.Cl. The largest absolute Gasteiger partial charge is 0.352 e. The molecule has 3 fully saturated rings. The second-order valence-corrected chi connectivity index (χ2v) is 7.87. The average molecular weight is 358 g/mol. The van der Waals surface area contributed by atoms with Gasteiger partial charge >= 0.3 is 0 Å². The summed E-state index contributed by atoms with van der Waals surface area (Å²) in [7, 11) is 0. The number of hydrogen-bond acceptors (Lipinski definition) is 3. The van der Waals surface area contributed by atoms with E-state index in [0.717, 1.165) is 32.4 Å². The molecule has 2 N–H and O–H groups in total. The first-order chi connectivity index (χ1) is 11.0.